The van der Waals surface area contributed by atoms with Crippen LogP contribution >= 0.6 is 0 Å². The monoisotopic (exact) mass is 466 g/mol. The van der Waals surface area contributed by atoms with Crippen LogP contribution in [0.5, 0.6) is 0 Å². The number of hydrogen-bond donors (Lipinski definition) is 2. The van der Waals surface area contributed by atoms with Crippen LogP contribution in [0.15, 0.2) is 60.7 Å². The van der Waals surface area contributed by atoms with Gasteiger partial charge < -0.3 is 20.1 Å². The van der Waals surface area contributed by atoms with Crippen molar-refractivity contribution in [2.75, 3.05) is 7.11 Å². The summed E-state index contributed by atoms with van der Waals surface area (Å²) in [6.07, 6.45) is 1.42. The molecule has 0 aromatic heterocycles. The third-order valence-electron chi connectivity index (χ3n) is 5.85. The molecule has 0 bridgehead atoms. The zero-order chi connectivity index (χ0) is 24.3. The molecule has 2 aromatic carbocycles. The fourth-order valence-electron chi connectivity index (χ4n) is 4.06. The predicted octanol–water partition coefficient (Wildman–Crippen LogP) is 2.94. The van der Waals surface area contributed by atoms with E-state index in [1.807, 2.05) is 60.7 Å². The van der Waals surface area contributed by atoms with Gasteiger partial charge in [0.1, 0.15) is 24.5 Å². The van der Waals surface area contributed by atoms with Crippen molar-refractivity contribution in [3.8, 4) is 0 Å². The molecule has 180 valence electrons. The Labute approximate surface area is 199 Å². The highest BCUT2D eigenvalue weighted by Gasteiger charge is 2.36. The number of carbonyl (C=O) groups is 4. The predicted molar refractivity (Wildman–Crippen MR) is 125 cm³/mol. The topological polar surface area (TPSA) is 111 Å². The Kier molecular flexibility index (Phi) is 9.20. The molecule has 8 nitrogen and oxygen atoms in total. The highest BCUT2D eigenvalue weighted by Crippen LogP contribution is 2.25. The second-order valence-electron chi connectivity index (χ2n) is 8.35. The van der Waals surface area contributed by atoms with Gasteiger partial charge in [0.25, 0.3) is 0 Å². The van der Waals surface area contributed by atoms with E-state index in [0.717, 1.165) is 11.1 Å². The van der Waals surface area contributed by atoms with Gasteiger partial charge in [0, 0.05) is 19.3 Å². The van der Waals surface area contributed by atoms with E-state index in [-0.39, 0.29) is 31.1 Å². The second kappa shape index (κ2) is 12.5. The number of nitrogens with one attached hydrogen (secondary N) is 2. The van der Waals surface area contributed by atoms with Crippen molar-refractivity contribution in [3.05, 3.63) is 71.8 Å². The summed E-state index contributed by atoms with van der Waals surface area (Å²) in [5.74, 6) is -1.45. The van der Waals surface area contributed by atoms with Crippen LogP contribution < -0.4 is 10.6 Å². The minimum absolute atomic E-state index is 0.0569. The summed E-state index contributed by atoms with van der Waals surface area (Å²) in [7, 11) is 1.24. The molecule has 34 heavy (non-hydrogen) atoms. The van der Waals surface area contributed by atoms with Crippen LogP contribution in [0.1, 0.15) is 36.8 Å². The molecule has 2 amide bonds. The summed E-state index contributed by atoms with van der Waals surface area (Å²) < 4.78 is 10.2. The average Bonchev–Trinajstić information content (AvgIpc) is 2.86. The molecule has 0 heterocycles. The number of ketones is 1. The van der Waals surface area contributed by atoms with Crippen molar-refractivity contribution in [2.24, 2.45) is 5.92 Å². The molecule has 0 spiro atoms. The van der Waals surface area contributed by atoms with Gasteiger partial charge in [-0.05, 0) is 29.9 Å². The normalized spacial score (nSPS) is 17.2. The molecule has 1 aliphatic carbocycles. The molecule has 8 heteroatoms. The number of amides is 2. The number of benzene rings is 2. The molecule has 2 N–H and O–H groups in total. The Morgan fingerprint density at radius 3 is 2.24 bits per heavy atom. The van der Waals surface area contributed by atoms with Gasteiger partial charge in [-0.1, -0.05) is 60.7 Å². The van der Waals surface area contributed by atoms with Crippen molar-refractivity contribution < 1.29 is 28.7 Å². The van der Waals surface area contributed by atoms with Gasteiger partial charge in [0.05, 0.1) is 7.11 Å². The molecule has 0 saturated heterocycles. The van der Waals surface area contributed by atoms with Crippen LogP contribution in [0.4, 0.5) is 4.79 Å². The second-order valence-corrected chi connectivity index (χ2v) is 8.35. The van der Waals surface area contributed by atoms with E-state index in [4.69, 9.17) is 9.47 Å². The minimum Gasteiger partial charge on any atom is -0.467 e. The van der Waals surface area contributed by atoms with E-state index >= 15 is 0 Å². The smallest absolute Gasteiger partial charge is 0.408 e. The molecule has 3 rings (SSSR count). The van der Waals surface area contributed by atoms with E-state index in [0.29, 0.717) is 19.3 Å². The summed E-state index contributed by atoms with van der Waals surface area (Å²) in [6.45, 7) is 0.0569. The molecule has 0 unspecified atom stereocenters. The molecule has 0 radical (unpaired) electrons. The first-order valence-corrected chi connectivity index (χ1v) is 11.4. The Morgan fingerprint density at radius 2 is 1.62 bits per heavy atom. The number of methoxy groups -OCH3 is 1. The lowest BCUT2D eigenvalue weighted by molar-refractivity contribution is -0.147. The van der Waals surface area contributed by atoms with Gasteiger partial charge in [0.2, 0.25) is 5.91 Å². The van der Waals surface area contributed by atoms with Gasteiger partial charge in [-0.15, -0.1) is 0 Å². The number of carbonyl (C=O) groups excluding carboxylic acids is 4. The van der Waals surface area contributed by atoms with Gasteiger partial charge in [-0.25, -0.2) is 9.59 Å². The molecule has 2 aromatic rings. The maximum atomic E-state index is 13.2. The zero-order valence-corrected chi connectivity index (χ0v) is 19.2. The molecule has 1 aliphatic rings. The van der Waals surface area contributed by atoms with Crippen LogP contribution in [0.2, 0.25) is 0 Å². The van der Waals surface area contributed by atoms with Crippen LogP contribution in [-0.4, -0.2) is 42.9 Å². The fourth-order valence-corrected chi connectivity index (χ4v) is 4.06. The number of ether oxygens (including phenoxy) is 2. The fraction of sp³-hybridized carbons (Fsp3) is 0.385. The molecule has 1 fully saturated rings. The van der Waals surface area contributed by atoms with Crippen LogP contribution in [0, 0.1) is 5.92 Å². The van der Waals surface area contributed by atoms with E-state index in [2.05, 4.69) is 10.6 Å². The van der Waals surface area contributed by atoms with E-state index in [1.165, 1.54) is 7.11 Å². The van der Waals surface area contributed by atoms with Gasteiger partial charge >= 0.3 is 12.1 Å². The molecular weight excluding hydrogens is 436 g/mol. The summed E-state index contributed by atoms with van der Waals surface area (Å²) in [4.78, 5) is 50.1. The van der Waals surface area contributed by atoms with E-state index in [9.17, 15) is 19.2 Å². The Balaban J connectivity index is 1.71. The first-order chi connectivity index (χ1) is 16.5. The van der Waals surface area contributed by atoms with Crippen molar-refractivity contribution in [1.82, 2.24) is 10.6 Å². The average molecular weight is 467 g/mol. The maximum absolute atomic E-state index is 13.2. The third-order valence-corrected chi connectivity index (χ3v) is 5.85. The zero-order valence-electron chi connectivity index (χ0n) is 19.2. The quantitative estimate of drug-likeness (QED) is 0.550. The molecule has 1 saturated carbocycles. The third kappa shape index (κ3) is 7.43. The SMILES string of the molecule is COC(=O)[C@H](NC(=O)[C@@H](Cc1ccccc1)NC(=O)OCc1ccccc1)[C@@H]1CCCC(=O)C1. The Morgan fingerprint density at radius 1 is 0.971 bits per heavy atom. The van der Waals surface area contributed by atoms with Crippen molar-refractivity contribution in [1.29, 1.82) is 0 Å². The molecular formula is C26H30N2O6. The lowest BCUT2D eigenvalue weighted by Crippen LogP contribution is -2.55. The lowest BCUT2D eigenvalue weighted by Gasteiger charge is -2.29. The van der Waals surface area contributed by atoms with Gasteiger partial charge in [-0.3, -0.25) is 9.59 Å². The molecule has 3 atom stereocenters. The number of alkyl carbamates (subject to hydrolysis) is 1. The van der Waals surface area contributed by atoms with Gasteiger partial charge in [-0.2, -0.15) is 0 Å². The first kappa shape index (κ1) is 25.0. The first-order valence-electron chi connectivity index (χ1n) is 11.4. The summed E-state index contributed by atoms with van der Waals surface area (Å²) in [5, 5.41) is 5.34. The van der Waals surface area contributed by atoms with Crippen molar-refractivity contribution >= 4 is 23.8 Å². The standard InChI is InChI=1S/C26H30N2O6/c1-33-25(31)23(20-13-8-14-21(29)16-20)28-24(30)22(15-18-9-4-2-5-10-18)27-26(32)34-17-19-11-6-3-7-12-19/h2-7,9-12,20,22-23H,8,13-17H2,1H3,(H,27,32)(H,28,30)/t20-,22-,23-/m1/s1. The minimum atomic E-state index is -0.989. The highest BCUT2D eigenvalue weighted by molar-refractivity contribution is 5.90. The maximum Gasteiger partial charge on any atom is 0.408 e. The van der Waals surface area contributed by atoms with Crippen LogP contribution in [0.3, 0.4) is 0 Å². The lowest BCUT2D eigenvalue weighted by atomic mass is 9.83. The van der Waals surface area contributed by atoms with E-state index in [1.54, 1.807) is 0 Å². The highest BCUT2D eigenvalue weighted by atomic mass is 16.5. The largest absolute Gasteiger partial charge is 0.467 e. The van der Waals surface area contributed by atoms with Crippen molar-refractivity contribution in [3.63, 3.8) is 0 Å². The number of hydrogen-bond acceptors (Lipinski definition) is 6. The van der Waals surface area contributed by atoms with Crippen LogP contribution in [0.25, 0.3) is 0 Å². The van der Waals surface area contributed by atoms with Crippen LogP contribution in [-0.2, 0) is 36.9 Å². The molecule has 0 aliphatic heterocycles. The Bertz CT molecular complexity index is 979. The Hall–Kier alpha value is -3.68. The van der Waals surface area contributed by atoms with Gasteiger partial charge in [0.15, 0.2) is 0 Å². The van der Waals surface area contributed by atoms with Crippen molar-refractivity contribution in [2.45, 2.75) is 50.8 Å². The summed E-state index contributed by atoms with van der Waals surface area (Å²) >= 11 is 0. The number of esters is 1. The van der Waals surface area contributed by atoms with E-state index < -0.39 is 30.1 Å². The summed E-state index contributed by atoms with van der Waals surface area (Å²) in [6, 6.07) is 16.4. The number of rotatable bonds is 9. The number of Topliss-reactive ketones (excluding diaryl/α,β-unsaturated/α-hetero) is 1. The summed E-state index contributed by atoms with van der Waals surface area (Å²) in [5.41, 5.74) is 1.64.